The summed E-state index contributed by atoms with van der Waals surface area (Å²) < 4.78 is 44.1. The van der Waals surface area contributed by atoms with Crippen molar-refractivity contribution in [2.45, 2.75) is 37.7 Å². The monoisotopic (exact) mass is 380 g/mol. The standard InChI is InChI=1S/C17H21FN4O3S/c1-26(23,24)22-8-11-7-21(9-16(11)20-22)12-6-15(19)17(25-10-12)13-4-2-3-5-14(13)18/h2-5,8,12,15,17H,6-7,9-10,19H2,1H3/t12-,15+,17-/m1/s1. The predicted octanol–water partition coefficient (Wildman–Crippen LogP) is 1.00. The molecule has 3 atom stereocenters. The number of hydrogen-bond donors (Lipinski definition) is 1. The summed E-state index contributed by atoms with van der Waals surface area (Å²) in [6.45, 7) is 1.61. The van der Waals surface area contributed by atoms with Gasteiger partial charge in [0.25, 0.3) is 10.0 Å². The van der Waals surface area contributed by atoms with Gasteiger partial charge in [-0.3, -0.25) is 4.90 Å². The molecule has 2 aliphatic heterocycles. The molecule has 7 nitrogen and oxygen atoms in total. The highest BCUT2D eigenvalue weighted by molar-refractivity contribution is 7.89. The van der Waals surface area contributed by atoms with E-state index in [1.54, 1.807) is 24.4 Å². The highest BCUT2D eigenvalue weighted by Gasteiger charge is 2.37. The van der Waals surface area contributed by atoms with Crippen LogP contribution < -0.4 is 5.73 Å². The van der Waals surface area contributed by atoms with Gasteiger partial charge in [0.1, 0.15) is 11.9 Å². The zero-order chi connectivity index (χ0) is 18.5. The third-order valence-electron chi connectivity index (χ3n) is 5.05. The van der Waals surface area contributed by atoms with Gasteiger partial charge in [-0.15, -0.1) is 0 Å². The number of halogens is 1. The lowest BCUT2D eigenvalue weighted by Crippen LogP contribution is -2.47. The minimum Gasteiger partial charge on any atom is -0.370 e. The number of nitrogens with two attached hydrogens (primary N) is 1. The second-order valence-electron chi connectivity index (χ2n) is 6.97. The topological polar surface area (TPSA) is 90.5 Å². The maximum atomic E-state index is 14.0. The highest BCUT2D eigenvalue weighted by atomic mass is 32.2. The molecule has 1 aromatic heterocycles. The molecule has 0 spiro atoms. The van der Waals surface area contributed by atoms with E-state index in [0.29, 0.717) is 31.7 Å². The van der Waals surface area contributed by atoms with Crippen molar-refractivity contribution in [3.63, 3.8) is 0 Å². The fourth-order valence-corrected chi connectivity index (χ4v) is 4.27. The quantitative estimate of drug-likeness (QED) is 0.855. The van der Waals surface area contributed by atoms with Crippen LogP contribution in [0.4, 0.5) is 4.39 Å². The summed E-state index contributed by atoms with van der Waals surface area (Å²) in [6.07, 6.45) is 2.92. The molecule has 140 valence electrons. The molecule has 2 aromatic rings. The zero-order valence-corrected chi connectivity index (χ0v) is 15.2. The maximum absolute atomic E-state index is 14.0. The van der Waals surface area contributed by atoms with Crippen LogP contribution in [0.2, 0.25) is 0 Å². The van der Waals surface area contributed by atoms with Crippen LogP contribution in [0.25, 0.3) is 0 Å². The van der Waals surface area contributed by atoms with Crippen molar-refractivity contribution in [3.05, 3.63) is 53.1 Å². The minimum absolute atomic E-state index is 0.0916. The Balaban J connectivity index is 1.44. The van der Waals surface area contributed by atoms with E-state index in [1.807, 2.05) is 0 Å². The van der Waals surface area contributed by atoms with Crippen LogP contribution in [0.1, 0.15) is 29.3 Å². The van der Waals surface area contributed by atoms with E-state index in [9.17, 15) is 12.8 Å². The van der Waals surface area contributed by atoms with Crippen LogP contribution in [0, 0.1) is 5.82 Å². The first kappa shape index (κ1) is 17.6. The van der Waals surface area contributed by atoms with E-state index in [2.05, 4.69) is 10.00 Å². The predicted molar refractivity (Wildman–Crippen MR) is 93.2 cm³/mol. The molecular weight excluding hydrogens is 359 g/mol. The van der Waals surface area contributed by atoms with Crippen LogP contribution in [-0.2, 0) is 27.8 Å². The van der Waals surface area contributed by atoms with Crippen LogP contribution in [0.5, 0.6) is 0 Å². The molecule has 4 rings (SSSR count). The number of benzene rings is 1. The second-order valence-corrected chi connectivity index (χ2v) is 8.81. The first-order valence-electron chi connectivity index (χ1n) is 8.46. The molecule has 3 heterocycles. The Morgan fingerprint density at radius 3 is 2.73 bits per heavy atom. The summed E-state index contributed by atoms with van der Waals surface area (Å²) in [6, 6.07) is 6.33. The molecule has 1 saturated heterocycles. The Morgan fingerprint density at radius 2 is 2.08 bits per heavy atom. The Hall–Kier alpha value is -1.81. The average Bonchev–Trinajstić information content (AvgIpc) is 3.14. The van der Waals surface area contributed by atoms with Gasteiger partial charge in [0, 0.05) is 42.5 Å². The van der Waals surface area contributed by atoms with Crippen molar-refractivity contribution >= 4 is 10.0 Å². The number of rotatable bonds is 3. The molecule has 0 saturated carbocycles. The lowest BCUT2D eigenvalue weighted by atomic mass is 9.93. The van der Waals surface area contributed by atoms with Gasteiger partial charge in [-0.1, -0.05) is 18.2 Å². The van der Waals surface area contributed by atoms with Crippen LogP contribution >= 0.6 is 0 Å². The Bertz CT molecular complexity index is 906. The summed E-state index contributed by atoms with van der Waals surface area (Å²) in [5, 5.41) is 4.17. The SMILES string of the molecule is CS(=O)(=O)n1cc2c(n1)CN([C@H]1CO[C@H](c3ccccc3F)[C@@H](N)C1)C2. The zero-order valence-electron chi connectivity index (χ0n) is 14.4. The summed E-state index contributed by atoms with van der Waals surface area (Å²) in [7, 11) is -3.37. The minimum atomic E-state index is -3.37. The molecular formula is C17H21FN4O3S. The Morgan fingerprint density at radius 1 is 1.31 bits per heavy atom. The average molecular weight is 380 g/mol. The molecule has 2 N–H and O–H groups in total. The summed E-state index contributed by atoms with van der Waals surface area (Å²) >= 11 is 0. The molecule has 26 heavy (non-hydrogen) atoms. The molecule has 1 fully saturated rings. The van der Waals surface area contributed by atoms with Crippen LogP contribution in [0.3, 0.4) is 0 Å². The van der Waals surface area contributed by atoms with E-state index in [0.717, 1.165) is 21.6 Å². The largest absolute Gasteiger partial charge is 0.370 e. The van der Waals surface area contributed by atoms with Crippen molar-refractivity contribution in [3.8, 4) is 0 Å². The third-order valence-corrected chi connectivity index (χ3v) is 5.92. The van der Waals surface area contributed by atoms with Crippen LogP contribution in [-0.4, -0.2) is 47.4 Å². The van der Waals surface area contributed by atoms with Gasteiger partial charge >= 0.3 is 0 Å². The smallest absolute Gasteiger partial charge is 0.250 e. The second kappa shape index (κ2) is 6.41. The van der Waals surface area contributed by atoms with E-state index in [4.69, 9.17) is 10.5 Å². The molecule has 0 bridgehead atoms. The molecule has 0 amide bonds. The highest BCUT2D eigenvalue weighted by Crippen LogP contribution is 2.33. The first-order chi connectivity index (χ1) is 12.3. The van der Waals surface area contributed by atoms with Crippen molar-refractivity contribution in [1.29, 1.82) is 0 Å². The molecule has 2 aliphatic rings. The van der Waals surface area contributed by atoms with Crippen molar-refractivity contribution in [1.82, 2.24) is 14.1 Å². The van der Waals surface area contributed by atoms with Gasteiger partial charge < -0.3 is 10.5 Å². The molecule has 0 aliphatic carbocycles. The van der Waals surface area contributed by atoms with Gasteiger partial charge in [-0.2, -0.15) is 9.19 Å². The van der Waals surface area contributed by atoms with Crippen molar-refractivity contribution in [2.24, 2.45) is 5.73 Å². The summed E-state index contributed by atoms with van der Waals surface area (Å²) in [4.78, 5) is 2.18. The van der Waals surface area contributed by atoms with E-state index >= 15 is 0 Å². The van der Waals surface area contributed by atoms with Gasteiger partial charge in [-0.25, -0.2) is 12.8 Å². The number of fused-ring (bicyclic) bond motifs is 1. The molecule has 0 unspecified atom stereocenters. The molecule has 0 radical (unpaired) electrons. The Labute approximate surface area is 151 Å². The fraction of sp³-hybridized carbons (Fsp3) is 0.471. The lowest BCUT2D eigenvalue weighted by Gasteiger charge is -2.38. The summed E-state index contributed by atoms with van der Waals surface area (Å²) in [5.74, 6) is -0.303. The first-order valence-corrected chi connectivity index (χ1v) is 10.3. The number of hydrogen-bond acceptors (Lipinski definition) is 6. The lowest BCUT2D eigenvalue weighted by molar-refractivity contribution is -0.0532. The third kappa shape index (κ3) is 3.16. The fourth-order valence-electron chi connectivity index (χ4n) is 3.71. The van der Waals surface area contributed by atoms with Gasteiger partial charge in [0.05, 0.1) is 18.6 Å². The van der Waals surface area contributed by atoms with Crippen LogP contribution in [0.15, 0.2) is 30.5 Å². The van der Waals surface area contributed by atoms with E-state index in [-0.39, 0.29) is 17.9 Å². The van der Waals surface area contributed by atoms with Gasteiger partial charge in [0.15, 0.2) is 0 Å². The number of ether oxygens (including phenoxy) is 1. The van der Waals surface area contributed by atoms with Crippen molar-refractivity contribution in [2.75, 3.05) is 12.9 Å². The normalized spacial score (nSPS) is 26.8. The Kier molecular flexibility index (Phi) is 4.34. The van der Waals surface area contributed by atoms with E-state index < -0.39 is 16.1 Å². The maximum Gasteiger partial charge on any atom is 0.250 e. The number of aromatic nitrogens is 2. The molecule has 9 heteroatoms. The van der Waals surface area contributed by atoms with E-state index in [1.165, 1.54) is 6.07 Å². The van der Waals surface area contributed by atoms with Gasteiger partial charge in [0.2, 0.25) is 0 Å². The number of nitrogens with zero attached hydrogens (tertiary/aromatic N) is 3. The summed E-state index contributed by atoms with van der Waals surface area (Å²) in [5.41, 5.74) is 8.44. The van der Waals surface area contributed by atoms with Gasteiger partial charge in [-0.05, 0) is 12.5 Å². The van der Waals surface area contributed by atoms with Crippen molar-refractivity contribution < 1.29 is 17.5 Å². The molecule has 1 aromatic carbocycles.